The number of pyridine rings is 1. The molecule has 0 bridgehead atoms. The molecule has 0 N–H and O–H groups in total. The number of imidazole rings is 1. The Balaban J connectivity index is 1.71. The highest BCUT2D eigenvalue weighted by Crippen LogP contribution is 2.29. The second kappa shape index (κ2) is 6.37. The van der Waals surface area contributed by atoms with Crippen LogP contribution in [0.25, 0.3) is 11.0 Å². The van der Waals surface area contributed by atoms with Crippen LogP contribution in [0, 0.1) is 0 Å². The number of carbonyl (C=O) groups excluding carboxylic acids is 1. The molecule has 1 fully saturated rings. The van der Waals surface area contributed by atoms with Gasteiger partial charge in [0.1, 0.15) is 22.4 Å². The maximum Gasteiger partial charge on any atom is 0.410 e. The molecule has 0 aromatic carbocycles. The Kier molecular flexibility index (Phi) is 4.53. The van der Waals surface area contributed by atoms with Gasteiger partial charge in [-0.3, -0.25) is 4.57 Å². The number of hydrogen-bond acceptors (Lipinski definition) is 5. The van der Waals surface area contributed by atoms with E-state index < -0.39 is 5.60 Å². The van der Waals surface area contributed by atoms with Crippen LogP contribution in [0.2, 0.25) is 5.15 Å². The molecule has 7 nitrogen and oxygen atoms in total. The molecule has 3 rings (SSSR count). The predicted molar refractivity (Wildman–Crippen MR) is 95.1 cm³/mol. The van der Waals surface area contributed by atoms with Gasteiger partial charge in [-0.2, -0.15) is 4.98 Å². The summed E-state index contributed by atoms with van der Waals surface area (Å²) in [7, 11) is 0. The van der Waals surface area contributed by atoms with E-state index in [1.165, 1.54) is 0 Å². The third-order valence-corrected chi connectivity index (χ3v) is 4.01. The number of halogens is 1. The zero-order valence-electron chi connectivity index (χ0n) is 15.1. The number of nitrogens with zero attached hydrogens (tertiary/aromatic N) is 4. The van der Waals surface area contributed by atoms with Crippen molar-refractivity contribution in [3.05, 3.63) is 17.4 Å². The van der Waals surface area contributed by atoms with Gasteiger partial charge in [-0.05, 0) is 34.6 Å². The van der Waals surface area contributed by atoms with Crippen molar-refractivity contribution in [2.24, 2.45) is 0 Å². The van der Waals surface area contributed by atoms with E-state index in [-0.39, 0.29) is 18.2 Å². The molecule has 0 atom stereocenters. The Morgan fingerprint density at radius 1 is 1.36 bits per heavy atom. The third-order valence-electron chi connectivity index (χ3n) is 3.80. The molecule has 1 saturated heterocycles. The molecule has 1 aliphatic rings. The Bertz CT molecular complexity index is 791. The summed E-state index contributed by atoms with van der Waals surface area (Å²) in [5, 5.41) is 0.417. The molecule has 1 aliphatic heterocycles. The van der Waals surface area contributed by atoms with Gasteiger partial charge in [0.2, 0.25) is 0 Å². The minimum atomic E-state index is -0.499. The van der Waals surface area contributed by atoms with Crippen molar-refractivity contribution in [2.75, 3.05) is 13.1 Å². The molecule has 8 heteroatoms. The fourth-order valence-corrected chi connectivity index (χ4v) is 2.82. The first-order valence-corrected chi connectivity index (χ1v) is 8.70. The van der Waals surface area contributed by atoms with E-state index in [1.54, 1.807) is 17.2 Å². The zero-order chi connectivity index (χ0) is 18.4. The number of hydrogen-bond donors (Lipinski definition) is 0. The summed E-state index contributed by atoms with van der Waals surface area (Å²) >= 11 is 6.00. The molecule has 2 aromatic rings. The summed E-state index contributed by atoms with van der Waals surface area (Å²) in [5.74, 6) is 0. The summed E-state index contributed by atoms with van der Waals surface area (Å²) in [4.78, 5) is 22.2. The standard InChI is InChI=1S/C17H23ClN4O3/c1-10(2)22-13-6-14(18)19-7-12(13)20-15(22)24-11-8-21(9-11)16(23)25-17(3,4)5/h6-7,10-11H,8-9H2,1-5H3. The molecule has 136 valence electrons. The highest BCUT2D eigenvalue weighted by molar-refractivity contribution is 6.29. The lowest BCUT2D eigenvalue weighted by Gasteiger charge is -2.39. The number of amides is 1. The number of aromatic nitrogens is 3. The van der Waals surface area contributed by atoms with Crippen molar-refractivity contribution in [3.8, 4) is 6.01 Å². The van der Waals surface area contributed by atoms with Gasteiger partial charge in [0, 0.05) is 12.1 Å². The summed E-state index contributed by atoms with van der Waals surface area (Å²) in [6, 6.07) is 2.45. The monoisotopic (exact) mass is 366 g/mol. The molecule has 3 heterocycles. The van der Waals surface area contributed by atoms with E-state index in [4.69, 9.17) is 21.1 Å². The first-order valence-electron chi connectivity index (χ1n) is 8.32. The average Bonchev–Trinajstić information content (AvgIpc) is 2.77. The Labute approximate surface area is 151 Å². The molecule has 0 saturated carbocycles. The van der Waals surface area contributed by atoms with Crippen molar-refractivity contribution in [1.29, 1.82) is 0 Å². The lowest BCUT2D eigenvalue weighted by Crippen LogP contribution is -2.57. The van der Waals surface area contributed by atoms with Crippen LogP contribution in [0.15, 0.2) is 12.3 Å². The molecule has 0 aliphatic carbocycles. The number of likely N-dealkylation sites (tertiary alicyclic amines) is 1. The molecule has 0 spiro atoms. The number of fused-ring (bicyclic) bond motifs is 1. The minimum Gasteiger partial charge on any atom is -0.458 e. The third kappa shape index (κ3) is 3.81. The van der Waals surface area contributed by atoms with E-state index in [9.17, 15) is 4.79 Å². The molecular formula is C17H23ClN4O3. The Morgan fingerprint density at radius 3 is 2.64 bits per heavy atom. The number of carbonyl (C=O) groups is 1. The SMILES string of the molecule is CC(C)n1c(OC2CN(C(=O)OC(C)(C)C)C2)nc2cnc(Cl)cc21. The van der Waals surface area contributed by atoms with Crippen molar-refractivity contribution in [3.63, 3.8) is 0 Å². The van der Waals surface area contributed by atoms with Gasteiger partial charge in [-0.25, -0.2) is 9.78 Å². The van der Waals surface area contributed by atoms with Crippen LogP contribution in [-0.2, 0) is 4.74 Å². The summed E-state index contributed by atoms with van der Waals surface area (Å²) in [6.07, 6.45) is 1.21. The lowest BCUT2D eigenvalue weighted by atomic mass is 10.2. The molecule has 0 radical (unpaired) electrons. The first kappa shape index (κ1) is 17.8. The maximum atomic E-state index is 12.0. The largest absolute Gasteiger partial charge is 0.458 e. The van der Waals surface area contributed by atoms with Gasteiger partial charge in [0.25, 0.3) is 6.01 Å². The van der Waals surface area contributed by atoms with Crippen LogP contribution in [0.1, 0.15) is 40.7 Å². The number of rotatable bonds is 3. The predicted octanol–water partition coefficient (Wildman–Crippen LogP) is 3.66. The van der Waals surface area contributed by atoms with Crippen LogP contribution < -0.4 is 4.74 Å². The molecule has 2 aromatic heterocycles. The van der Waals surface area contributed by atoms with Gasteiger partial charge in [-0.15, -0.1) is 0 Å². The van der Waals surface area contributed by atoms with Gasteiger partial charge in [-0.1, -0.05) is 11.6 Å². The van der Waals surface area contributed by atoms with Crippen LogP contribution >= 0.6 is 11.6 Å². The molecule has 0 unspecified atom stereocenters. The van der Waals surface area contributed by atoms with Crippen molar-refractivity contribution >= 4 is 28.7 Å². The Hall–Kier alpha value is -2.02. The van der Waals surface area contributed by atoms with Gasteiger partial charge >= 0.3 is 6.09 Å². The Morgan fingerprint density at radius 2 is 2.04 bits per heavy atom. The van der Waals surface area contributed by atoms with Crippen molar-refractivity contribution in [2.45, 2.75) is 52.4 Å². The average molecular weight is 367 g/mol. The van der Waals surface area contributed by atoms with E-state index >= 15 is 0 Å². The van der Waals surface area contributed by atoms with Gasteiger partial charge < -0.3 is 14.4 Å². The first-order chi connectivity index (χ1) is 11.6. The second-order valence-corrected chi connectivity index (χ2v) is 7.87. The van der Waals surface area contributed by atoms with E-state index in [0.29, 0.717) is 24.3 Å². The van der Waals surface area contributed by atoms with E-state index in [2.05, 4.69) is 23.8 Å². The summed E-state index contributed by atoms with van der Waals surface area (Å²) in [5.41, 5.74) is 1.12. The molecule has 25 heavy (non-hydrogen) atoms. The zero-order valence-corrected chi connectivity index (χ0v) is 15.9. The minimum absolute atomic E-state index is 0.106. The van der Waals surface area contributed by atoms with Gasteiger partial charge in [0.15, 0.2) is 0 Å². The van der Waals surface area contributed by atoms with Crippen molar-refractivity contribution in [1.82, 2.24) is 19.4 Å². The topological polar surface area (TPSA) is 69.5 Å². The van der Waals surface area contributed by atoms with Crippen LogP contribution in [0.4, 0.5) is 4.79 Å². The fourth-order valence-electron chi connectivity index (χ4n) is 2.67. The molecular weight excluding hydrogens is 344 g/mol. The quantitative estimate of drug-likeness (QED) is 0.775. The fraction of sp³-hybridized carbons (Fsp3) is 0.588. The van der Waals surface area contributed by atoms with Crippen LogP contribution in [0.5, 0.6) is 6.01 Å². The van der Waals surface area contributed by atoms with Crippen molar-refractivity contribution < 1.29 is 14.3 Å². The highest BCUT2D eigenvalue weighted by atomic mass is 35.5. The highest BCUT2D eigenvalue weighted by Gasteiger charge is 2.36. The van der Waals surface area contributed by atoms with E-state index in [1.807, 2.05) is 25.3 Å². The van der Waals surface area contributed by atoms with Crippen LogP contribution in [0.3, 0.4) is 0 Å². The lowest BCUT2D eigenvalue weighted by molar-refractivity contribution is -0.0253. The van der Waals surface area contributed by atoms with E-state index in [0.717, 1.165) is 11.0 Å². The summed E-state index contributed by atoms with van der Waals surface area (Å²) in [6.45, 7) is 10.6. The summed E-state index contributed by atoms with van der Waals surface area (Å²) < 4.78 is 13.3. The van der Waals surface area contributed by atoms with Crippen LogP contribution in [-0.4, -0.2) is 50.3 Å². The normalized spacial score (nSPS) is 15.6. The second-order valence-electron chi connectivity index (χ2n) is 7.48. The maximum absolute atomic E-state index is 12.0. The van der Waals surface area contributed by atoms with Gasteiger partial charge in [0.05, 0.1) is 24.8 Å². The molecule has 1 amide bonds. The number of ether oxygens (including phenoxy) is 2. The smallest absolute Gasteiger partial charge is 0.410 e.